The summed E-state index contributed by atoms with van der Waals surface area (Å²) in [5.74, 6) is 2.06. The van der Waals surface area contributed by atoms with Crippen molar-refractivity contribution in [1.82, 2.24) is 4.98 Å². The number of alkyl halides is 1. The summed E-state index contributed by atoms with van der Waals surface area (Å²) >= 11 is 5.88. The smallest absolute Gasteiger partial charge is 0.213 e. The van der Waals surface area contributed by atoms with Crippen LogP contribution in [0.2, 0.25) is 0 Å². The average molecular weight is 294 g/mol. The van der Waals surface area contributed by atoms with Gasteiger partial charge in [-0.3, -0.25) is 0 Å². The first-order chi connectivity index (χ1) is 9.38. The highest BCUT2D eigenvalue weighted by Crippen LogP contribution is 2.66. The van der Waals surface area contributed by atoms with E-state index in [1.807, 2.05) is 19.1 Å². The minimum absolute atomic E-state index is 0.276. The number of hydrogen-bond donors (Lipinski definition) is 0. The number of aromatic nitrogens is 1. The zero-order valence-corrected chi connectivity index (χ0v) is 13.6. The van der Waals surface area contributed by atoms with Gasteiger partial charge in [-0.2, -0.15) is 0 Å². The quantitative estimate of drug-likeness (QED) is 0.752. The van der Waals surface area contributed by atoms with Crippen molar-refractivity contribution in [2.45, 2.75) is 58.9 Å². The highest BCUT2D eigenvalue weighted by atomic mass is 35.5. The Balaban J connectivity index is 1.81. The van der Waals surface area contributed by atoms with Crippen LogP contribution in [0.15, 0.2) is 12.1 Å². The van der Waals surface area contributed by atoms with E-state index in [9.17, 15) is 0 Å². The standard InChI is InChI=1S/C17H24ClNO/c1-11-12(10-18)5-6-15(19-11)20-14-9-13-7-8-17(14,4)16(13,2)3/h5-6,13-14H,7-10H2,1-4H3. The van der Waals surface area contributed by atoms with Crippen molar-refractivity contribution in [2.24, 2.45) is 16.7 Å². The van der Waals surface area contributed by atoms with Crippen LogP contribution in [-0.2, 0) is 5.88 Å². The van der Waals surface area contributed by atoms with Gasteiger partial charge in [0, 0.05) is 23.1 Å². The molecule has 2 nitrogen and oxygen atoms in total. The van der Waals surface area contributed by atoms with E-state index in [4.69, 9.17) is 16.3 Å². The fourth-order valence-corrected chi connectivity index (χ4v) is 4.51. The normalized spacial score (nSPS) is 34.5. The van der Waals surface area contributed by atoms with Gasteiger partial charge in [-0.25, -0.2) is 4.98 Å². The van der Waals surface area contributed by atoms with Crippen LogP contribution in [0.3, 0.4) is 0 Å². The molecular weight excluding hydrogens is 270 g/mol. The van der Waals surface area contributed by atoms with Gasteiger partial charge in [0.25, 0.3) is 0 Å². The van der Waals surface area contributed by atoms with E-state index < -0.39 is 0 Å². The van der Waals surface area contributed by atoms with Crippen LogP contribution in [0.5, 0.6) is 5.88 Å². The summed E-state index contributed by atoms with van der Waals surface area (Å²) in [6.45, 7) is 9.20. The second-order valence-electron chi connectivity index (χ2n) is 7.24. The van der Waals surface area contributed by atoms with Gasteiger partial charge in [-0.1, -0.05) is 26.8 Å². The lowest BCUT2D eigenvalue weighted by Gasteiger charge is -2.38. The van der Waals surface area contributed by atoms with E-state index in [0.717, 1.165) is 23.1 Å². The van der Waals surface area contributed by atoms with Crippen molar-refractivity contribution in [1.29, 1.82) is 0 Å². The lowest BCUT2D eigenvalue weighted by molar-refractivity contribution is 0.0272. The van der Waals surface area contributed by atoms with Gasteiger partial charge < -0.3 is 4.74 Å². The third-order valence-electron chi connectivity index (χ3n) is 6.29. The number of halogens is 1. The van der Waals surface area contributed by atoms with Crippen molar-refractivity contribution in [3.8, 4) is 5.88 Å². The van der Waals surface area contributed by atoms with E-state index in [1.165, 1.54) is 19.3 Å². The van der Waals surface area contributed by atoms with E-state index in [0.29, 0.717) is 17.4 Å². The summed E-state index contributed by atoms with van der Waals surface area (Å²) in [5.41, 5.74) is 2.71. The molecule has 1 aromatic heterocycles. The van der Waals surface area contributed by atoms with Gasteiger partial charge in [0.2, 0.25) is 5.88 Å². The minimum atomic E-state index is 0.276. The summed E-state index contributed by atoms with van der Waals surface area (Å²) in [4.78, 5) is 4.56. The van der Waals surface area contributed by atoms with Gasteiger partial charge in [-0.05, 0) is 43.1 Å². The maximum absolute atomic E-state index is 6.27. The molecule has 0 amide bonds. The van der Waals surface area contributed by atoms with Gasteiger partial charge in [0.1, 0.15) is 6.10 Å². The van der Waals surface area contributed by atoms with Crippen molar-refractivity contribution < 1.29 is 4.74 Å². The fraction of sp³-hybridized carbons (Fsp3) is 0.706. The molecule has 0 aromatic carbocycles. The number of fused-ring (bicyclic) bond motifs is 2. The molecule has 20 heavy (non-hydrogen) atoms. The number of hydrogen-bond acceptors (Lipinski definition) is 2. The monoisotopic (exact) mass is 293 g/mol. The highest BCUT2D eigenvalue weighted by Gasteiger charge is 2.62. The SMILES string of the molecule is Cc1nc(OC2CC3CCC2(C)C3(C)C)ccc1CCl. The van der Waals surface area contributed by atoms with E-state index in [2.05, 4.69) is 25.8 Å². The molecule has 1 aromatic rings. The van der Waals surface area contributed by atoms with Crippen molar-refractivity contribution in [3.05, 3.63) is 23.4 Å². The van der Waals surface area contributed by atoms with Crippen LogP contribution < -0.4 is 4.74 Å². The third kappa shape index (κ3) is 1.88. The highest BCUT2D eigenvalue weighted by molar-refractivity contribution is 6.17. The number of ether oxygens (including phenoxy) is 1. The summed E-state index contributed by atoms with van der Waals surface area (Å²) < 4.78 is 6.27. The minimum Gasteiger partial charge on any atom is -0.474 e. The molecule has 3 unspecified atom stereocenters. The zero-order chi connectivity index (χ0) is 14.5. The first-order valence-electron chi connectivity index (χ1n) is 7.57. The molecule has 3 heteroatoms. The molecule has 1 heterocycles. The summed E-state index contributed by atoms with van der Waals surface area (Å²) in [6.07, 6.45) is 4.08. The molecule has 2 saturated carbocycles. The van der Waals surface area contributed by atoms with Gasteiger partial charge in [-0.15, -0.1) is 11.6 Å². The average Bonchev–Trinajstić information content (AvgIpc) is 2.72. The van der Waals surface area contributed by atoms with Crippen LogP contribution in [0, 0.1) is 23.7 Å². The Morgan fingerprint density at radius 2 is 2.10 bits per heavy atom. The summed E-state index contributed by atoms with van der Waals surface area (Å²) in [6, 6.07) is 4.00. The second-order valence-corrected chi connectivity index (χ2v) is 7.51. The van der Waals surface area contributed by atoms with E-state index in [1.54, 1.807) is 0 Å². The molecule has 0 spiro atoms. The third-order valence-corrected chi connectivity index (χ3v) is 6.58. The Hall–Kier alpha value is -0.760. The van der Waals surface area contributed by atoms with Crippen molar-refractivity contribution >= 4 is 11.6 Å². The molecule has 2 aliphatic carbocycles. The van der Waals surface area contributed by atoms with Gasteiger partial charge in [0.05, 0.1) is 0 Å². The lowest BCUT2D eigenvalue weighted by Crippen LogP contribution is -2.39. The van der Waals surface area contributed by atoms with Gasteiger partial charge >= 0.3 is 0 Å². The molecule has 2 bridgehead atoms. The molecule has 0 saturated heterocycles. The number of pyridine rings is 1. The Bertz CT molecular complexity index is 528. The van der Waals surface area contributed by atoms with Crippen LogP contribution in [0.25, 0.3) is 0 Å². The largest absolute Gasteiger partial charge is 0.474 e. The zero-order valence-electron chi connectivity index (χ0n) is 12.9. The molecule has 110 valence electrons. The Labute approximate surface area is 126 Å². The lowest BCUT2D eigenvalue weighted by atomic mass is 9.70. The molecular formula is C17H24ClNO. The first kappa shape index (κ1) is 14.2. The number of aryl methyl sites for hydroxylation is 1. The molecule has 0 radical (unpaired) electrons. The molecule has 0 aliphatic heterocycles. The molecule has 2 aliphatic rings. The molecule has 2 fully saturated rings. The van der Waals surface area contributed by atoms with Crippen LogP contribution >= 0.6 is 11.6 Å². The predicted octanol–water partition coefficient (Wildman–Crippen LogP) is 4.72. The maximum Gasteiger partial charge on any atom is 0.213 e. The fourth-order valence-electron chi connectivity index (χ4n) is 4.23. The first-order valence-corrected chi connectivity index (χ1v) is 8.11. The molecule has 3 atom stereocenters. The van der Waals surface area contributed by atoms with Crippen LogP contribution in [0.4, 0.5) is 0 Å². The van der Waals surface area contributed by atoms with E-state index in [-0.39, 0.29) is 5.41 Å². The molecule has 3 rings (SSSR count). The second kappa shape index (κ2) is 4.62. The Morgan fingerprint density at radius 3 is 2.60 bits per heavy atom. The number of nitrogens with zero attached hydrogens (tertiary/aromatic N) is 1. The summed E-state index contributed by atoms with van der Waals surface area (Å²) in [5, 5.41) is 0. The summed E-state index contributed by atoms with van der Waals surface area (Å²) in [7, 11) is 0. The van der Waals surface area contributed by atoms with E-state index >= 15 is 0 Å². The number of rotatable bonds is 3. The van der Waals surface area contributed by atoms with Crippen molar-refractivity contribution in [2.75, 3.05) is 0 Å². The topological polar surface area (TPSA) is 22.1 Å². The molecule has 0 N–H and O–H groups in total. The van der Waals surface area contributed by atoms with Crippen molar-refractivity contribution in [3.63, 3.8) is 0 Å². The van der Waals surface area contributed by atoms with Crippen LogP contribution in [-0.4, -0.2) is 11.1 Å². The maximum atomic E-state index is 6.27. The van der Waals surface area contributed by atoms with Crippen LogP contribution in [0.1, 0.15) is 51.3 Å². The predicted molar refractivity (Wildman–Crippen MR) is 82.2 cm³/mol. The Morgan fingerprint density at radius 1 is 1.35 bits per heavy atom. The Kier molecular flexibility index (Phi) is 3.28. The van der Waals surface area contributed by atoms with Gasteiger partial charge in [0.15, 0.2) is 0 Å².